The second-order valence-electron chi connectivity index (χ2n) is 6.13. The highest BCUT2D eigenvalue weighted by Gasteiger charge is 2.46. The Morgan fingerprint density at radius 3 is 2.59 bits per heavy atom. The lowest BCUT2D eigenvalue weighted by Gasteiger charge is -2.22. The number of aliphatic hydroxyl groups is 1. The van der Waals surface area contributed by atoms with Gasteiger partial charge in [-0.2, -0.15) is 5.10 Å². The molecular formula is C18H15Cl2N5O4. The van der Waals surface area contributed by atoms with Crippen LogP contribution in [0.25, 0.3) is 0 Å². The number of fused-ring (bicyclic) bond motifs is 1. The highest BCUT2D eigenvalue weighted by Crippen LogP contribution is 2.39. The van der Waals surface area contributed by atoms with Gasteiger partial charge < -0.3 is 10.4 Å². The number of carbonyl (C=O) groups is 3. The predicted molar refractivity (Wildman–Crippen MR) is 107 cm³/mol. The van der Waals surface area contributed by atoms with Gasteiger partial charge in [-0.05, 0) is 18.2 Å². The Kier molecular flexibility index (Phi) is 5.85. The molecule has 0 aliphatic carbocycles. The molecule has 2 aromatic carbocycles. The number of rotatable bonds is 4. The number of nitrogens with one attached hydrogen (secondary N) is 3. The normalized spacial score (nSPS) is 18.1. The zero-order valence-electron chi connectivity index (χ0n) is 14.7. The SMILES string of the molecule is NNC(=O)C(=O)N/N=C(\C[C@@]1(O)C(=O)Nc2ccccc21)c1ccc(Cl)cc1Cl. The summed E-state index contributed by atoms with van der Waals surface area (Å²) in [4.78, 5) is 35.6. The van der Waals surface area contributed by atoms with E-state index in [1.54, 1.807) is 29.7 Å². The van der Waals surface area contributed by atoms with E-state index in [-0.39, 0.29) is 17.2 Å². The maximum absolute atomic E-state index is 12.5. The number of amides is 3. The van der Waals surface area contributed by atoms with Crippen molar-refractivity contribution in [1.29, 1.82) is 0 Å². The Morgan fingerprint density at radius 2 is 1.90 bits per heavy atom. The smallest absolute Gasteiger partial charge is 0.330 e. The molecule has 11 heteroatoms. The Balaban J connectivity index is 2.03. The highest BCUT2D eigenvalue weighted by molar-refractivity contribution is 6.37. The van der Waals surface area contributed by atoms with Crippen molar-refractivity contribution in [3.8, 4) is 0 Å². The minimum atomic E-state index is -1.97. The summed E-state index contributed by atoms with van der Waals surface area (Å²) in [6.45, 7) is 0. The second kappa shape index (κ2) is 8.18. The number of hydrazone groups is 1. The Bertz CT molecular complexity index is 1040. The van der Waals surface area contributed by atoms with Crippen LogP contribution in [0.1, 0.15) is 17.5 Å². The lowest BCUT2D eigenvalue weighted by Crippen LogP contribution is -2.42. The predicted octanol–water partition coefficient (Wildman–Crippen LogP) is 1.03. The zero-order valence-corrected chi connectivity index (χ0v) is 16.2. The number of benzene rings is 2. The molecule has 0 bridgehead atoms. The first-order valence-corrected chi connectivity index (χ1v) is 8.98. The van der Waals surface area contributed by atoms with Crippen LogP contribution in [0, 0.1) is 0 Å². The fourth-order valence-electron chi connectivity index (χ4n) is 2.87. The number of carbonyl (C=O) groups excluding carboxylic acids is 3. The molecule has 1 heterocycles. The third kappa shape index (κ3) is 4.08. The minimum absolute atomic E-state index is 0.0409. The van der Waals surface area contributed by atoms with Crippen LogP contribution in [0.2, 0.25) is 10.0 Å². The van der Waals surface area contributed by atoms with Gasteiger partial charge in [-0.3, -0.25) is 19.8 Å². The zero-order chi connectivity index (χ0) is 21.2. The molecule has 3 rings (SSSR count). The largest absolute Gasteiger partial charge is 0.375 e. The first kappa shape index (κ1) is 20.7. The number of hydrogen-bond donors (Lipinski definition) is 5. The summed E-state index contributed by atoms with van der Waals surface area (Å²) in [5.41, 5.74) is 2.86. The van der Waals surface area contributed by atoms with Gasteiger partial charge in [0.05, 0.1) is 10.7 Å². The van der Waals surface area contributed by atoms with Crippen LogP contribution in [0.15, 0.2) is 47.6 Å². The second-order valence-corrected chi connectivity index (χ2v) is 6.98. The molecular weight excluding hydrogens is 421 g/mol. The number of hydrazine groups is 1. The maximum Gasteiger partial charge on any atom is 0.330 e. The van der Waals surface area contributed by atoms with E-state index in [9.17, 15) is 19.5 Å². The van der Waals surface area contributed by atoms with Gasteiger partial charge in [0.1, 0.15) is 0 Å². The molecule has 1 atom stereocenters. The van der Waals surface area contributed by atoms with E-state index in [0.29, 0.717) is 21.8 Å². The molecule has 0 saturated heterocycles. The molecule has 0 unspecified atom stereocenters. The van der Waals surface area contributed by atoms with Gasteiger partial charge in [0.2, 0.25) is 0 Å². The fraction of sp³-hybridized carbons (Fsp3) is 0.111. The van der Waals surface area contributed by atoms with Crippen molar-refractivity contribution in [2.24, 2.45) is 10.9 Å². The topological polar surface area (TPSA) is 146 Å². The number of nitrogens with two attached hydrogens (primary N) is 1. The summed E-state index contributed by atoms with van der Waals surface area (Å²) in [6, 6.07) is 11.1. The average molecular weight is 436 g/mol. The van der Waals surface area contributed by atoms with Crippen molar-refractivity contribution in [2.45, 2.75) is 12.0 Å². The Labute approximate surface area is 174 Å². The number of halogens is 2. The van der Waals surface area contributed by atoms with Gasteiger partial charge >= 0.3 is 11.8 Å². The van der Waals surface area contributed by atoms with Crippen molar-refractivity contribution >= 4 is 52.3 Å². The molecule has 0 spiro atoms. The van der Waals surface area contributed by atoms with Crippen molar-refractivity contribution < 1.29 is 19.5 Å². The van der Waals surface area contributed by atoms with Crippen LogP contribution >= 0.6 is 23.2 Å². The van der Waals surface area contributed by atoms with Gasteiger partial charge in [0, 0.05) is 28.3 Å². The quantitative estimate of drug-likeness (QED) is 0.160. The summed E-state index contributed by atoms with van der Waals surface area (Å²) >= 11 is 12.2. The lowest BCUT2D eigenvalue weighted by atomic mass is 9.87. The van der Waals surface area contributed by atoms with E-state index in [4.69, 9.17) is 29.0 Å². The molecule has 1 aliphatic heterocycles. The van der Waals surface area contributed by atoms with Crippen LogP contribution < -0.4 is 22.0 Å². The molecule has 0 saturated carbocycles. The van der Waals surface area contributed by atoms with Crippen LogP contribution in [0.3, 0.4) is 0 Å². The lowest BCUT2D eigenvalue weighted by molar-refractivity contribution is -0.139. The van der Waals surface area contributed by atoms with Gasteiger partial charge in [-0.15, -0.1) is 0 Å². The average Bonchev–Trinajstić information content (AvgIpc) is 2.95. The van der Waals surface area contributed by atoms with Crippen molar-refractivity contribution in [3.63, 3.8) is 0 Å². The van der Waals surface area contributed by atoms with E-state index < -0.39 is 23.3 Å². The first-order chi connectivity index (χ1) is 13.8. The monoisotopic (exact) mass is 435 g/mol. The maximum atomic E-state index is 12.5. The molecule has 9 nitrogen and oxygen atoms in total. The molecule has 29 heavy (non-hydrogen) atoms. The van der Waals surface area contributed by atoms with E-state index >= 15 is 0 Å². The van der Waals surface area contributed by atoms with Crippen LogP contribution in [0.5, 0.6) is 0 Å². The number of anilines is 1. The molecule has 0 aromatic heterocycles. The van der Waals surface area contributed by atoms with E-state index in [2.05, 4.69) is 10.4 Å². The standard InChI is InChI=1S/C18H15Cl2N5O4/c19-9-5-6-10(12(20)7-9)14(24-25-16(27)15(26)23-21)8-18(29)11-3-1-2-4-13(11)22-17(18)28/h1-7,29H,8,21H2,(H,22,28)(H,23,26)(H,25,27)/b24-14+/t18-/m0/s1. The molecule has 3 amide bonds. The summed E-state index contributed by atoms with van der Waals surface area (Å²) in [6.07, 6.45) is -0.346. The van der Waals surface area contributed by atoms with Gasteiger partial charge in [0.25, 0.3) is 5.91 Å². The molecule has 150 valence electrons. The van der Waals surface area contributed by atoms with Crippen LogP contribution in [-0.4, -0.2) is 28.5 Å². The van der Waals surface area contributed by atoms with E-state index in [1.165, 1.54) is 18.2 Å². The Morgan fingerprint density at radius 1 is 1.17 bits per heavy atom. The molecule has 0 fully saturated rings. The summed E-state index contributed by atoms with van der Waals surface area (Å²) in [5, 5.41) is 18.2. The fourth-order valence-corrected chi connectivity index (χ4v) is 3.39. The molecule has 6 N–H and O–H groups in total. The van der Waals surface area contributed by atoms with Gasteiger partial charge in [0.15, 0.2) is 5.60 Å². The summed E-state index contributed by atoms with van der Waals surface area (Å²) in [5.74, 6) is 1.99. The molecule has 1 aliphatic rings. The van der Waals surface area contributed by atoms with Crippen LogP contribution in [0.4, 0.5) is 5.69 Å². The van der Waals surface area contributed by atoms with E-state index in [0.717, 1.165) is 0 Å². The Hall–Kier alpha value is -2.98. The molecule has 2 aromatic rings. The van der Waals surface area contributed by atoms with Crippen molar-refractivity contribution in [3.05, 3.63) is 63.6 Å². The first-order valence-electron chi connectivity index (χ1n) is 8.22. The van der Waals surface area contributed by atoms with Gasteiger partial charge in [-0.25, -0.2) is 11.3 Å². The number of para-hydroxylation sites is 1. The van der Waals surface area contributed by atoms with E-state index in [1.807, 2.05) is 5.43 Å². The third-order valence-electron chi connectivity index (χ3n) is 4.29. The van der Waals surface area contributed by atoms with Crippen LogP contribution in [-0.2, 0) is 20.0 Å². The van der Waals surface area contributed by atoms with Crippen molar-refractivity contribution in [2.75, 3.05) is 5.32 Å². The number of hydrogen-bond acceptors (Lipinski definition) is 6. The third-order valence-corrected chi connectivity index (χ3v) is 4.84. The highest BCUT2D eigenvalue weighted by atomic mass is 35.5. The van der Waals surface area contributed by atoms with Crippen molar-refractivity contribution in [1.82, 2.24) is 10.9 Å². The summed E-state index contributed by atoms with van der Waals surface area (Å²) in [7, 11) is 0. The molecule has 0 radical (unpaired) electrons. The van der Waals surface area contributed by atoms with Gasteiger partial charge in [-0.1, -0.05) is 47.5 Å². The number of nitrogens with zero attached hydrogens (tertiary/aromatic N) is 1. The summed E-state index contributed by atoms with van der Waals surface area (Å²) < 4.78 is 0. The minimum Gasteiger partial charge on any atom is -0.375 e.